The van der Waals surface area contributed by atoms with Crippen molar-refractivity contribution in [2.75, 3.05) is 7.11 Å². The molecule has 0 saturated carbocycles. The molecule has 112 valence electrons. The molecule has 0 fully saturated rings. The predicted octanol–water partition coefficient (Wildman–Crippen LogP) is 3.07. The molecule has 4 nitrogen and oxygen atoms in total. The van der Waals surface area contributed by atoms with Gasteiger partial charge in [0.25, 0.3) is 0 Å². The molecule has 21 heavy (non-hydrogen) atoms. The van der Waals surface area contributed by atoms with Gasteiger partial charge in [-0.25, -0.2) is 0 Å². The Morgan fingerprint density at radius 3 is 2.43 bits per heavy atom. The Morgan fingerprint density at radius 2 is 1.76 bits per heavy atom. The van der Waals surface area contributed by atoms with Crippen LogP contribution in [0.2, 0.25) is 0 Å². The van der Waals surface area contributed by atoms with Crippen LogP contribution < -0.4 is 9.47 Å². The van der Waals surface area contributed by atoms with Gasteiger partial charge in [-0.2, -0.15) is 0 Å². The zero-order valence-electron chi connectivity index (χ0n) is 11.0. The van der Waals surface area contributed by atoms with Crippen LogP contribution in [0.5, 0.6) is 11.5 Å². The largest absolute Gasteiger partial charge is 0.573 e. The molecular formula is C14H12F3NO3. The van der Waals surface area contributed by atoms with Crippen molar-refractivity contribution in [1.82, 2.24) is 4.98 Å². The molecule has 1 heterocycles. The fraction of sp³-hybridized carbons (Fsp3) is 0.214. The van der Waals surface area contributed by atoms with E-state index in [0.29, 0.717) is 5.56 Å². The monoisotopic (exact) mass is 299 g/mol. The Labute approximate surface area is 118 Å². The van der Waals surface area contributed by atoms with Crippen molar-refractivity contribution >= 4 is 0 Å². The number of para-hydroxylation sites is 1. The molecule has 0 spiro atoms. The van der Waals surface area contributed by atoms with E-state index in [9.17, 15) is 18.3 Å². The highest BCUT2D eigenvalue weighted by atomic mass is 19.4. The Balaban J connectivity index is 2.42. The first kappa shape index (κ1) is 15.1. The summed E-state index contributed by atoms with van der Waals surface area (Å²) in [5.41, 5.74) is 0.282. The number of methoxy groups -OCH3 is 1. The van der Waals surface area contributed by atoms with Gasteiger partial charge in [0.05, 0.1) is 13.3 Å². The lowest BCUT2D eigenvalue weighted by molar-refractivity contribution is -0.275. The highest BCUT2D eigenvalue weighted by Gasteiger charge is 2.33. The summed E-state index contributed by atoms with van der Waals surface area (Å²) < 4.78 is 46.2. The van der Waals surface area contributed by atoms with Crippen molar-refractivity contribution in [3.05, 3.63) is 53.9 Å². The Kier molecular flexibility index (Phi) is 4.32. The van der Waals surface area contributed by atoms with Crippen molar-refractivity contribution in [2.24, 2.45) is 0 Å². The van der Waals surface area contributed by atoms with Crippen LogP contribution in [0, 0.1) is 0 Å². The van der Waals surface area contributed by atoms with Gasteiger partial charge in [0.2, 0.25) is 0 Å². The lowest BCUT2D eigenvalue weighted by Crippen LogP contribution is -2.19. The zero-order valence-corrected chi connectivity index (χ0v) is 11.0. The van der Waals surface area contributed by atoms with E-state index in [4.69, 9.17) is 4.74 Å². The number of halogens is 3. The minimum Gasteiger partial charge on any atom is -0.495 e. The second kappa shape index (κ2) is 6.01. The molecule has 1 aromatic carbocycles. The number of pyridine rings is 1. The third kappa shape index (κ3) is 3.63. The number of aromatic nitrogens is 1. The molecule has 0 saturated heterocycles. The van der Waals surface area contributed by atoms with Gasteiger partial charge in [-0.1, -0.05) is 18.2 Å². The predicted molar refractivity (Wildman–Crippen MR) is 68.0 cm³/mol. The maximum absolute atomic E-state index is 12.4. The summed E-state index contributed by atoms with van der Waals surface area (Å²) >= 11 is 0. The molecule has 0 aliphatic heterocycles. The Morgan fingerprint density at radius 1 is 1.10 bits per heavy atom. The van der Waals surface area contributed by atoms with Crippen LogP contribution in [0.15, 0.2) is 42.7 Å². The van der Waals surface area contributed by atoms with Gasteiger partial charge in [-0.3, -0.25) is 4.98 Å². The molecule has 1 N–H and O–H groups in total. The van der Waals surface area contributed by atoms with Crippen LogP contribution in [0.3, 0.4) is 0 Å². The summed E-state index contributed by atoms with van der Waals surface area (Å²) in [4.78, 5) is 3.83. The number of ether oxygens (including phenoxy) is 2. The first-order valence-corrected chi connectivity index (χ1v) is 5.93. The number of aliphatic hydroxyl groups excluding tert-OH is 1. The summed E-state index contributed by atoms with van der Waals surface area (Å²) in [6, 6.07) is 6.86. The first-order chi connectivity index (χ1) is 9.92. The molecule has 1 aromatic heterocycles. The van der Waals surface area contributed by atoms with Crippen molar-refractivity contribution < 1.29 is 27.8 Å². The van der Waals surface area contributed by atoms with Gasteiger partial charge in [0, 0.05) is 17.3 Å². The third-order valence-electron chi connectivity index (χ3n) is 2.77. The second-order valence-electron chi connectivity index (χ2n) is 4.11. The smallest absolute Gasteiger partial charge is 0.495 e. The fourth-order valence-corrected chi connectivity index (χ4v) is 1.88. The molecule has 1 atom stereocenters. The minimum atomic E-state index is -4.84. The van der Waals surface area contributed by atoms with E-state index in [1.807, 2.05) is 0 Å². The molecule has 0 aliphatic rings. The van der Waals surface area contributed by atoms with Crippen molar-refractivity contribution in [3.63, 3.8) is 0 Å². The van der Waals surface area contributed by atoms with E-state index in [0.717, 1.165) is 6.07 Å². The second-order valence-corrected chi connectivity index (χ2v) is 4.11. The molecule has 0 aliphatic carbocycles. The normalized spacial score (nSPS) is 12.8. The lowest BCUT2D eigenvalue weighted by atomic mass is 10.0. The molecular weight excluding hydrogens is 287 g/mol. The van der Waals surface area contributed by atoms with Crippen LogP contribution in [0.25, 0.3) is 0 Å². The maximum Gasteiger partial charge on any atom is 0.573 e. The van der Waals surface area contributed by atoms with Gasteiger partial charge in [0.15, 0.2) is 0 Å². The van der Waals surface area contributed by atoms with Crippen molar-refractivity contribution in [1.29, 1.82) is 0 Å². The quantitative estimate of drug-likeness (QED) is 0.942. The van der Waals surface area contributed by atoms with E-state index in [1.54, 1.807) is 0 Å². The van der Waals surface area contributed by atoms with E-state index in [1.165, 1.54) is 43.8 Å². The topological polar surface area (TPSA) is 51.6 Å². The summed E-state index contributed by atoms with van der Waals surface area (Å²) in [5, 5.41) is 10.3. The number of nitrogens with zero attached hydrogens (tertiary/aromatic N) is 1. The number of hydrogen-bond donors (Lipinski definition) is 1. The zero-order chi connectivity index (χ0) is 15.5. The number of alkyl halides is 3. The average molecular weight is 299 g/mol. The molecule has 2 rings (SSSR count). The van der Waals surface area contributed by atoms with Crippen molar-refractivity contribution in [2.45, 2.75) is 12.5 Å². The van der Waals surface area contributed by atoms with Crippen LogP contribution in [-0.4, -0.2) is 23.6 Å². The van der Waals surface area contributed by atoms with Gasteiger partial charge < -0.3 is 14.6 Å². The minimum absolute atomic E-state index is 0.0145. The fourth-order valence-electron chi connectivity index (χ4n) is 1.88. The maximum atomic E-state index is 12.4. The number of rotatable bonds is 4. The lowest BCUT2D eigenvalue weighted by Gasteiger charge is -2.18. The van der Waals surface area contributed by atoms with Crippen LogP contribution >= 0.6 is 0 Å². The van der Waals surface area contributed by atoms with Crippen LogP contribution in [-0.2, 0) is 0 Å². The van der Waals surface area contributed by atoms with Gasteiger partial charge in [0.1, 0.15) is 17.6 Å². The number of aliphatic hydroxyl groups is 1. The van der Waals surface area contributed by atoms with Crippen LogP contribution in [0.1, 0.15) is 17.2 Å². The van der Waals surface area contributed by atoms with Crippen LogP contribution in [0.4, 0.5) is 13.2 Å². The van der Waals surface area contributed by atoms with E-state index < -0.39 is 18.2 Å². The Bertz CT molecular complexity index is 616. The molecule has 1 unspecified atom stereocenters. The summed E-state index contributed by atoms with van der Waals surface area (Å²) in [7, 11) is 1.38. The first-order valence-electron chi connectivity index (χ1n) is 5.93. The van der Waals surface area contributed by atoms with Gasteiger partial charge in [-0.15, -0.1) is 13.2 Å². The standard InChI is InChI=1S/C14H12F3NO3/c1-20-12-8-18-7-6-10(12)13(19)9-4-2-3-5-11(9)21-14(15,16)17/h2-8,13,19H,1H3. The average Bonchev–Trinajstić information content (AvgIpc) is 2.45. The molecule has 2 aromatic rings. The van der Waals surface area contributed by atoms with Gasteiger partial charge >= 0.3 is 6.36 Å². The molecule has 7 heteroatoms. The molecule has 0 amide bonds. The highest BCUT2D eigenvalue weighted by molar-refractivity contribution is 5.44. The summed E-state index contributed by atoms with van der Waals surface area (Å²) in [6.07, 6.45) is -3.39. The SMILES string of the molecule is COc1cnccc1C(O)c1ccccc1OC(F)(F)F. The Hall–Kier alpha value is -2.28. The van der Waals surface area contributed by atoms with E-state index >= 15 is 0 Å². The number of benzene rings is 1. The van der Waals surface area contributed by atoms with E-state index in [-0.39, 0.29) is 11.3 Å². The van der Waals surface area contributed by atoms with Gasteiger partial charge in [-0.05, 0) is 12.1 Å². The molecule has 0 radical (unpaired) electrons. The summed E-state index contributed by atoms with van der Waals surface area (Å²) in [6.45, 7) is 0. The highest BCUT2D eigenvalue weighted by Crippen LogP contribution is 2.36. The third-order valence-corrected chi connectivity index (χ3v) is 2.77. The van der Waals surface area contributed by atoms with Crippen molar-refractivity contribution in [3.8, 4) is 11.5 Å². The molecule has 0 bridgehead atoms. The summed E-state index contributed by atoms with van der Waals surface area (Å²) in [5.74, 6) is -0.192. The number of hydrogen-bond acceptors (Lipinski definition) is 4. The van der Waals surface area contributed by atoms with E-state index in [2.05, 4.69) is 9.72 Å².